The molecule has 0 aliphatic rings. The molecule has 0 aromatic carbocycles. The van der Waals surface area contributed by atoms with Crippen LogP contribution in [0.5, 0.6) is 5.75 Å². The summed E-state index contributed by atoms with van der Waals surface area (Å²) < 4.78 is 4.16. The van der Waals surface area contributed by atoms with E-state index in [0.717, 1.165) is 6.54 Å². The summed E-state index contributed by atoms with van der Waals surface area (Å²) in [4.78, 5) is 3.65. The first-order valence-corrected chi connectivity index (χ1v) is 4.80. The molecule has 2 rings (SSSR count). The third-order valence-corrected chi connectivity index (χ3v) is 1.84. The third kappa shape index (κ3) is 4.26. The van der Waals surface area contributed by atoms with Crippen LogP contribution in [0.4, 0.5) is 0 Å². The minimum Gasteiger partial charge on any atom is -0.872 e. The molecule has 15 heavy (non-hydrogen) atoms. The summed E-state index contributed by atoms with van der Waals surface area (Å²) in [5, 5.41) is 10.2. The van der Waals surface area contributed by atoms with Gasteiger partial charge in [0.05, 0.1) is 13.6 Å². The molecule has 0 fully saturated rings. The van der Waals surface area contributed by atoms with Crippen LogP contribution in [0.2, 0.25) is 0 Å². The van der Waals surface area contributed by atoms with Crippen LogP contribution < -0.4 is 9.67 Å². The Bertz CT molecular complexity index is 384. The van der Waals surface area contributed by atoms with E-state index < -0.39 is 0 Å². The van der Waals surface area contributed by atoms with E-state index in [2.05, 4.69) is 29.0 Å². The molecule has 2 heterocycles. The molecule has 4 nitrogen and oxygen atoms in total. The average molecular weight is 205 g/mol. The SMILES string of the molecule is CC[n+]1ccn(C)c1.[O-]c1ccncc1. The molecule has 0 unspecified atom stereocenters. The zero-order valence-electron chi connectivity index (χ0n) is 9.00. The van der Waals surface area contributed by atoms with Crippen LogP contribution >= 0.6 is 0 Å². The van der Waals surface area contributed by atoms with Gasteiger partial charge >= 0.3 is 0 Å². The lowest BCUT2D eigenvalue weighted by molar-refractivity contribution is -0.693. The minimum absolute atomic E-state index is 0.00926. The second-order valence-electron chi connectivity index (χ2n) is 3.09. The van der Waals surface area contributed by atoms with E-state index in [0.29, 0.717) is 0 Å². The van der Waals surface area contributed by atoms with E-state index >= 15 is 0 Å². The van der Waals surface area contributed by atoms with Crippen molar-refractivity contribution >= 4 is 0 Å². The first kappa shape index (κ1) is 11.2. The van der Waals surface area contributed by atoms with Gasteiger partial charge < -0.3 is 5.11 Å². The van der Waals surface area contributed by atoms with E-state index in [1.54, 1.807) is 0 Å². The zero-order chi connectivity index (χ0) is 11.1. The molecule has 0 amide bonds. The van der Waals surface area contributed by atoms with Gasteiger partial charge in [0.2, 0.25) is 6.33 Å². The second kappa shape index (κ2) is 5.80. The van der Waals surface area contributed by atoms with Crippen LogP contribution in [-0.4, -0.2) is 9.55 Å². The summed E-state index contributed by atoms with van der Waals surface area (Å²) in [5.74, 6) is 0.00926. The van der Waals surface area contributed by atoms with Gasteiger partial charge in [0.1, 0.15) is 12.4 Å². The monoisotopic (exact) mass is 205 g/mol. The molecular weight excluding hydrogens is 190 g/mol. The van der Waals surface area contributed by atoms with Crippen LogP contribution in [0, 0.1) is 0 Å². The summed E-state index contributed by atoms with van der Waals surface area (Å²) in [6.07, 6.45) is 9.09. The molecule has 0 aliphatic carbocycles. The summed E-state index contributed by atoms with van der Waals surface area (Å²) in [5.41, 5.74) is 0. The maximum Gasteiger partial charge on any atom is 0.243 e. The second-order valence-corrected chi connectivity index (χ2v) is 3.09. The minimum atomic E-state index is 0.00926. The van der Waals surface area contributed by atoms with Crippen molar-refractivity contribution in [1.82, 2.24) is 9.55 Å². The Hall–Kier alpha value is -1.84. The van der Waals surface area contributed by atoms with Gasteiger partial charge in [-0.25, -0.2) is 9.13 Å². The summed E-state index contributed by atoms with van der Waals surface area (Å²) >= 11 is 0. The van der Waals surface area contributed by atoms with Gasteiger partial charge in [-0.15, -0.1) is 5.75 Å². The predicted octanol–water partition coefficient (Wildman–Crippen LogP) is 0.488. The molecule has 0 atom stereocenters. The highest BCUT2D eigenvalue weighted by molar-refractivity contribution is 5.12. The third-order valence-electron chi connectivity index (χ3n) is 1.84. The normalized spacial score (nSPS) is 9.20. The molecule has 0 N–H and O–H groups in total. The highest BCUT2D eigenvalue weighted by atomic mass is 16.3. The predicted molar refractivity (Wildman–Crippen MR) is 55.0 cm³/mol. The number of imidazole rings is 1. The van der Waals surface area contributed by atoms with E-state index in [9.17, 15) is 5.11 Å². The molecule has 0 saturated carbocycles. The summed E-state index contributed by atoms with van der Waals surface area (Å²) in [7, 11) is 2.02. The van der Waals surface area contributed by atoms with Gasteiger partial charge in [-0.3, -0.25) is 4.98 Å². The maximum atomic E-state index is 10.2. The lowest BCUT2D eigenvalue weighted by atomic mass is 10.5. The van der Waals surface area contributed by atoms with Gasteiger partial charge in [-0.2, -0.15) is 0 Å². The Morgan fingerprint density at radius 1 is 1.40 bits per heavy atom. The fourth-order valence-corrected chi connectivity index (χ4v) is 1.03. The van der Waals surface area contributed by atoms with Crippen molar-refractivity contribution in [3.8, 4) is 5.75 Å². The Kier molecular flexibility index (Phi) is 4.34. The number of aromatic nitrogens is 3. The number of nitrogens with zero attached hydrogens (tertiary/aromatic N) is 3. The number of hydrogen-bond donors (Lipinski definition) is 0. The fraction of sp³-hybridized carbons (Fsp3) is 0.273. The number of pyridine rings is 1. The molecule has 4 heteroatoms. The molecule has 0 bridgehead atoms. The van der Waals surface area contributed by atoms with Crippen molar-refractivity contribution in [3.63, 3.8) is 0 Å². The van der Waals surface area contributed by atoms with Crippen molar-refractivity contribution < 1.29 is 9.67 Å². The Morgan fingerprint density at radius 3 is 2.33 bits per heavy atom. The Morgan fingerprint density at radius 2 is 2.07 bits per heavy atom. The average Bonchev–Trinajstić information content (AvgIpc) is 2.66. The van der Waals surface area contributed by atoms with Gasteiger partial charge in [0, 0.05) is 12.4 Å². The topological polar surface area (TPSA) is 44.8 Å². The highest BCUT2D eigenvalue weighted by Gasteiger charge is 1.92. The molecule has 0 aliphatic heterocycles. The Labute approximate surface area is 89.5 Å². The largest absolute Gasteiger partial charge is 0.872 e. The van der Waals surface area contributed by atoms with Crippen molar-refractivity contribution in [2.45, 2.75) is 13.5 Å². The lowest BCUT2D eigenvalue weighted by Gasteiger charge is -1.98. The van der Waals surface area contributed by atoms with Crippen molar-refractivity contribution in [3.05, 3.63) is 43.2 Å². The molecule has 2 aromatic rings. The molecule has 80 valence electrons. The molecule has 0 saturated heterocycles. The standard InChI is InChI=1S/C6H11N2.C5H5NO/c1-3-8-5-4-7(2)6-8;7-5-1-3-6-4-2-5/h4-6H,3H2,1-2H3;1-4H,(H,6,7)/q+1;/p-1. The van der Waals surface area contributed by atoms with Crippen LogP contribution in [0.25, 0.3) is 0 Å². The van der Waals surface area contributed by atoms with Crippen LogP contribution in [-0.2, 0) is 13.6 Å². The first-order valence-electron chi connectivity index (χ1n) is 4.80. The van der Waals surface area contributed by atoms with Gasteiger partial charge in [0.25, 0.3) is 0 Å². The molecule has 2 aromatic heterocycles. The molecular formula is C11H15N3O. The number of aryl methyl sites for hydroxylation is 2. The Balaban J connectivity index is 0.000000151. The number of rotatable bonds is 1. The summed E-state index contributed by atoms with van der Waals surface area (Å²) in [6, 6.07) is 2.83. The van der Waals surface area contributed by atoms with Gasteiger partial charge in [-0.05, 0) is 6.92 Å². The van der Waals surface area contributed by atoms with Gasteiger partial charge in [-0.1, -0.05) is 12.1 Å². The van der Waals surface area contributed by atoms with Crippen molar-refractivity contribution in [2.75, 3.05) is 0 Å². The van der Waals surface area contributed by atoms with E-state index in [1.165, 1.54) is 24.5 Å². The fourth-order valence-electron chi connectivity index (χ4n) is 1.03. The highest BCUT2D eigenvalue weighted by Crippen LogP contribution is 1.95. The van der Waals surface area contributed by atoms with Crippen LogP contribution in [0.15, 0.2) is 43.2 Å². The van der Waals surface area contributed by atoms with E-state index in [-0.39, 0.29) is 5.75 Å². The van der Waals surface area contributed by atoms with Crippen molar-refractivity contribution in [1.29, 1.82) is 0 Å². The zero-order valence-corrected chi connectivity index (χ0v) is 9.00. The van der Waals surface area contributed by atoms with Crippen LogP contribution in [0.1, 0.15) is 6.92 Å². The quantitative estimate of drug-likeness (QED) is 0.636. The van der Waals surface area contributed by atoms with E-state index in [4.69, 9.17) is 0 Å². The lowest BCUT2D eigenvalue weighted by Crippen LogP contribution is -2.28. The van der Waals surface area contributed by atoms with E-state index in [1.807, 2.05) is 17.8 Å². The smallest absolute Gasteiger partial charge is 0.243 e. The van der Waals surface area contributed by atoms with Crippen LogP contribution in [0.3, 0.4) is 0 Å². The maximum absolute atomic E-state index is 10.2. The molecule has 0 radical (unpaired) electrons. The van der Waals surface area contributed by atoms with Gasteiger partial charge in [0.15, 0.2) is 0 Å². The summed E-state index contributed by atoms with van der Waals surface area (Å²) in [6.45, 7) is 3.18. The molecule has 0 spiro atoms. The first-order chi connectivity index (χ1) is 7.22. The number of hydrogen-bond acceptors (Lipinski definition) is 2. The van der Waals surface area contributed by atoms with Crippen molar-refractivity contribution in [2.24, 2.45) is 7.05 Å².